The number of carbonyl (C=O) groups excluding carboxylic acids is 1. The number of aromatic carboxylic acids is 1. The quantitative estimate of drug-likeness (QED) is 0.633. The number of carboxylic acids is 1. The summed E-state index contributed by atoms with van der Waals surface area (Å²) in [7, 11) is 0. The lowest BCUT2D eigenvalue weighted by Crippen LogP contribution is -2.24. The van der Waals surface area contributed by atoms with Gasteiger partial charge in [-0.1, -0.05) is 12.7 Å². The van der Waals surface area contributed by atoms with Crippen molar-refractivity contribution in [3.63, 3.8) is 0 Å². The molecule has 7 nitrogen and oxygen atoms in total. The summed E-state index contributed by atoms with van der Waals surface area (Å²) >= 11 is 0. The van der Waals surface area contributed by atoms with Crippen molar-refractivity contribution in [1.29, 1.82) is 0 Å². The Kier molecular flexibility index (Phi) is 4.07. The number of carbonyl (C=O) groups is 2. The summed E-state index contributed by atoms with van der Waals surface area (Å²) in [6.07, 6.45) is 1.96. The molecule has 0 spiro atoms. The van der Waals surface area contributed by atoms with Crippen LogP contribution in [0.3, 0.4) is 0 Å². The van der Waals surface area contributed by atoms with Crippen LogP contribution in [-0.2, 0) is 11.3 Å². The zero-order chi connectivity index (χ0) is 12.0. The number of rotatable bonds is 5. The minimum Gasteiger partial charge on any atom is -0.478 e. The molecule has 1 aromatic heterocycles. The molecule has 0 saturated heterocycles. The largest absolute Gasteiger partial charge is 0.478 e. The molecule has 3 N–H and O–H groups in total. The lowest BCUT2D eigenvalue weighted by molar-refractivity contribution is 0.0695. The molecule has 0 radical (unpaired) electrons. The van der Waals surface area contributed by atoms with E-state index in [0.29, 0.717) is 5.69 Å². The number of nitrogens with zero attached hydrogens (tertiary/aromatic N) is 1. The fourth-order valence-electron chi connectivity index (χ4n) is 0.978. The van der Waals surface area contributed by atoms with Crippen molar-refractivity contribution in [2.45, 2.75) is 6.54 Å². The topological polar surface area (TPSA) is 104 Å². The predicted octanol–water partition coefficient (Wildman–Crippen LogP) is 0.520. The minimum atomic E-state index is -1.11. The van der Waals surface area contributed by atoms with Gasteiger partial charge in [-0.25, -0.2) is 9.59 Å². The maximum absolute atomic E-state index is 11.0. The molecule has 0 unspecified atom stereocenters. The van der Waals surface area contributed by atoms with Gasteiger partial charge in [-0.05, 0) is 0 Å². The van der Waals surface area contributed by atoms with Crippen LogP contribution in [0.2, 0.25) is 0 Å². The first-order valence-corrected chi connectivity index (χ1v) is 4.42. The number of hydrogen-bond acceptors (Lipinski definition) is 4. The van der Waals surface area contributed by atoms with Crippen LogP contribution >= 0.6 is 0 Å². The highest BCUT2D eigenvalue weighted by molar-refractivity contribution is 5.88. The molecule has 1 aromatic rings. The normalized spacial score (nSPS) is 9.50. The SMILES string of the molecule is C=CCOC(=O)NCc1[nH]ncc1C(=O)O. The Balaban J connectivity index is 2.48. The number of alkyl carbamates (subject to hydrolysis) is 1. The molecule has 0 atom stereocenters. The molecule has 0 bridgehead atoms. The van der Waals surface area contributed by atoms with Crippen LogP contribution in [0, 0.1) is 0 Å². The third-order valence-electron chi connectivity index (χ3n) is 1.69. The highest BCUT2D eigenvalue weighted by Crippen LogP contribution is 2.03. The molecule has 0 aromatic carbocycles. The van der Waals surface area contributed by atoms with Crippen LogP contribution in [0.25, 0.3) is 0 Å². The number of aromatic amines is 1. The summed E-state index contributed by atoms with van der Waals surface area (Å²) in [5, 5.41) is 17.2. The lowest BCUT2D eigenvalue weighted by atomic mass is 10.2. The summed E-state index contributed by atoms with van der Waals surface area (Å²) in [4.78, 5) is 21.7. The Morgan fingerprint density at radius 1 is 1.69 bits per heavy atom. The molecule has 1 rings (SSSR count). The van der Waals surface area contributed by atoms with Gasteiger partial charge in [-0.3, -0.25) is 5.10 Å². The van der Waals surface area contributed by atoms with Gasteiger partial charge < -0.3 is 15.2 Å². The van der Waals surface area contributed by atoms with Crippen LogP contribution in [0.4, 0.5) is 4.79 Å². The van der Waals surface area contributed by atoms with Crippen LogP contribution < -0.4 is 5.32 Å². The van der Waals surface area contributed by atoms with E-state index in [0.717, 1.165) is 0 Å². The fraction of sp³-hybridized carbons (Fsp3) is 0.222. The van der Waals surface area contributed by atoms with Gasteiger partial charge in [0.05, 0.1) is 18.4 Å². The molecule has 1 amide bonds. The molecule has 16 heavy (non-hydrogen) atoms. The Morgan fingerprint density at radius 3 is 3.06 bits per heavy atom. The van der Waals surface area contributed by atoms with Gasteiger partial charge >= 0.3 is 12.1 Å². The van der Waals surface area contributed by atoms with Crippen molar-refractivity contribution in [2.75, 3.05) is 6.61 Å². The second kappa shape index (κ2) is 5.54. The van der Waals surface area contributed by atoms with Crippen LogP contribution in [0.15, 0.2) is 18.9 Å². The maximum Gasteiger partial charge on any atom is 0.407 e. The Labute approximate surface area is 91.1 Å². The monoisotopic (exact) mass is 225 g/mol. The molecule has 0 saturated carbocycles. The average molecular weight is 225 g/mol. The van der Waals surface area contributed by atoms with Gasteiger partial charge in [0, 0.05) is 0 Å². The van der Waals surface area contributed by atoms with Crippen molar-refractivity contribution in [3.05, 3.63) is 30.1 Å². The van der Waals surface area contributed by atoms with Gasteiger partial charge in [0.1, 0.15) is 12.2 Å². The molecule has 0 aliphatic carbocycles. The van der Waals surface area contributed by atoms with E-state index in [1.807, 2.05) is 0 Å². The number of nitrogens with one attached hydrogen (secondary N) is 2. The Morgan fingerprint density at radius 2 is 2.44 bits per heavy atom. The number of hydrogen-bond donors (Lipinski definition) is 3. The number of ether oxygens (including phenoxy) is 1. The van der Waals surface area contributed by atoms with E-state index in [2.05, 4.69) is 26.8 Å². The molecule has 0 fully saturated rings. The predicted molar refractivity (Wildman–Crippen MR) is 53.9 cm³/mol. The van der Waals surface area contributed by atoms with Crippen molar-refractivity contribution < 1.29 is 19.4 Å². The zero-order valence-electron chi connectivity index (χ0n) is 8.40. The molecule has 86 valence electrons. The van der Waals surface area contributed by atoms with E-state index >= 15 is 0 Å². The maximum atomic E-state index is 11.0. The fourth-order valence-corrected chi connectivity index (χ4v) is 0.978. The number of amides is 1. The van der Waals surface area contributed by atoms with Crippen molar-refractivity contribution in [2.24, 2.45) is 0 Å². The lowest BCUT2D eigenvalue weighted by Gasteiger charge is -2.04. The van der Waals surface area contributed by atoms with Crippen LogP contribution in [0.1, 0.15) is 16.1 Å². The van der Waals surface area contributed by atoms with E-state index in [1.165, 1.54) is 12.3 Å². The van der Waals surface area contributed by atoms with Crippen molar-refractivity contribution in [3.8, 4) is 0 Å². The van der Waals surface area contributed by atoms with Gasteiger partial charge in [0.2, 0.25) is 0 Å². The number of carboxylic acid groups (broad SMARTS) is 1. The molecular formula is C9H11N3O4. The van der Waals surface area contributed by atoms with E-state index in [4.69, 9.17) is 5.11 Å². The summed E-state index contributed by atoms with van der Waals surface area (Å²) in [6, 6.07) is 0. The van der Waals surface area contributed by atoms with E-state index < -0.39 is 12.1 Å². The second-order valence-corrected chi connectivity index (χ2v) is 2.81. The van der Waals surface area contributed by atoms with Crippen LogP contribution in [0.5, 0.6) is 0 Å². The van der Waals surface area contributed by atoms with Gasteiger partial charge in [-0.2, -0.15) is 5.10 Å². The smallest absolute Gasteiger partial charge is 0.407 e. The standard InChI is InChI=1S/C9H11N3O4/c1-2-3-16-9(15)10-5-7-6(8(13)14)4-11-12-7/h2,4H,1,3,5H2,(H,10,15)(H,11,12)(H,13,14). The molecule has 0 aliphatic heterocycles. The average Bonchev–Trinajstić information content (AvgIpc) is 2.71. The van der Waals surface area contributed by atoms with E-state index in [-0.39, 0.29) is 18.7 Å². The van der Waals surface area contributed by atoms with E-state index in [1.54, 1.807) is 0 Å². The molecule has 7 heteroatoms. The number of H-pyrrole nitrogens is 1. The van der Waals surface area contributed by atoms with Crippen molar-refractivity contribution in [1.82, 2.24) is 15.5 Å². The van der Waals surface area contributed by atoms with E-state index in [9.17, 15) is 9.59 Å². The molecular weight excluding hydrogens is 214 g/mol. The molecule has 1 heterocycles. The van der Waals surface area contributed by atoms with Gasteiger partial charge in [0.25, 0.3) is 0 Å². The van der Waals surface area contributed by atoms with Crippen molar-refractivity contribution >= 4 is 12.1 Å². The third-order valence-corrected chi connectivity index (χ3v) is 1.69. The summed E-state index contributed by atoms with van der Waals surface area (Å²) in [5.74, 6) is -1.11. The first kappa shape index (κ1) is 11.8. The first-order valence-electron chi connectivity index (χ1n) is 4.42. The first-order chi connectivity index (χ1) is 7.65. The Hall–Kier alpha value is -2.31. The highest BCUT2D eigenvalue weighted by Gasteiger charge is 2.12. The number of aromatic nitrogens is 2. The summed E-state index contributed by atoms with van der Waals surface area (Å²) in [5.41, 5.74) is 0.326. The highest BCUT2D eigenvalue weighted by atomic mass is 16.5. The summed E-state index contributed by atoms with van der Waals surface area (Å²) < 4.78 is 4.64. The molecule has 0 aliphatic rings. The minimum absolute atomic E-state index is 0.0115. The third kappa shape index (κ3) is 3.12. The second-order valence-electron chi connectivity index (χ2n) is 2.81. The zero-order valence-corrected chi connectivity index (χ0v) is 8.40. The van der Waals surface area contributed by atoms with Crippen LogP contribution in [-0.4, -0.2) is 34.0 Å². The summed E-state index contributed by atoms with van der Waals surface area (Å²) in [6.45, 7) is 3.49. The van der Waals surface area contributed by atoms with Gasteiger partial charge in [-0.15, -0.1) is 0 Å². The Bertz CT molecular complexity index is 399. The van der Waals surface area contributed by atoms with Gasteiger partial charge in [0.15, 0.2) is 0 Å².